The molecule has 1 saturated carbocycles. The topological polar surface area (TPSA) is 77.5 Å². The number of amides is 2. The number of carbonyl (C=O) groups is 1. The first kappa shape index (κ1) is 15.1. The average Bonchev–Trinajstić information content (AvgIpc) is 3.04. The molecule has 1 saturated heterocycles. The first-order chi connectivity index (χ1) is 10.7. The lowest BCUT2D eigenvalue weighted by molar-refractivity contribution is 0.118. The van der Waals surface area contributed by atoms with Gasteiger partial charge in [0, 0.05) is 25.3 Å². The van der Waals surface area contributed by atoms with Crippen LogP contribution >= 0.6 is 0 Å². The monoisotopic (exact) mass is 304 g/mol. The van der Waals surface area contributed by atoms with Gasteiger partial charge >= 0.3 is 6.03 Å². The Hall–Kier alpha value is -1.82. The highest BCUT2D eigenvalue weighted by atomic mass is 16.3. The van der Waals surface area contributed by atoms with Crippen molar-refractivity contribution in [2.45, 2.75) is 50.7 Å². The van der Waals surface area contributed by atoms with Crippen LogP contribution in [0.25, 0.3) is 0 Å². The van der Waals surface area contributed by atoms with Crippen LogP contribution in [0.5, 0.6) is 0 Å². The molecule has 2 heterocycles. The van der Waals surface area contributed by atoms with Gasteiger partial charge in [0.25, 0.3) is 0 Å². The molecule has 120 valence electrons. The summed E-state index contributed by atoms with van der Waals surface area (Å²) in [6.07, 6.45) is 7.09. The summed E-state index contributed by atoms with van der Waals surface area (Å²) in [4.78, 5) is 18.8. The van der Waals surface area contributed by atoms with Crippen LogP contribution in [0.1, 0.15) is 38.5 Å². The van der Waals surface area contributed by atoms with Gasteiger partial charge < -0.3 is 20.6 Å². The number of anilines is 2. The van der Waals surface area contributed by atoms with Crippen LogP contribution < -0.4 is 15.5 Å². The molecule has 2 amide bonds. The lowest BCUT2D eigenvalue weighted by Crippen LogP contribution is -2.41. The third-order valence-corrected chi connectivity index (χ3v) is 4.47. The van der Waals surface area contributed by atoms with E-state index in [-0.39, 0.29) is 18.2 Å². The van der Waals surface area contributed by atoms with E-state index < -0.39 is 0 Å². The zero-order valence-electron chi connectivity index (χ0n) is 12.8. The quantitative estimate of drug-likeness (QED) is 0.799. The second-order valence-electron chi connectivity index (χ2n) is 6.17. The Morgan fingerprint density at radius 3 is 2.68 bits per heavy atom. The van der Waals surface area contributed by atoms with Crippen LogP contribution in [0, 0.1) is 0 Å². The zero-order chi connectivity index (χ0) is 15.4. The second kappa shape index (κ2) is 6.96. The van der Waals surface area contributed by atoms with E-state index in [1.54, 1.807) is 6.20 Å². The van der Waals surface area contributed by atoms with E-state index >= 15 is 0 Å². The van der Waals surface area contributed by atoms with Gasteiger partial charge in [0.05, 0.1) is 11.8 Å². The summed E-state index contributed by atoms with van der Waals surface area (Å²) in [6, 6.07) is 3.70. The standard InChI is InChI=1S/C16H24N4O2/c21-13-7-5-12(6-8-13)18-16(22)19-14-4-3-9-17-15(14)20-10-1-2-11-20/h3-4,9,12-13,21H,1-2,5-8,10-11H2,(H2,18,19,22). The predicted molar refractivity (Wildman–Crippen MR) is 86.1 cm³/mol. The minimum absolute atomic E-state index is 0.148. The van der Waals surface area contributed by atoms with Crippen molar-refractivity contribution >= 4 is 17.5 Å². The highest BCUT2D eigenvalue weighted by molar-refractivity contribution is 5.92. The summed E-state index contributed by atoms with van der Waals surface area (Å²) in [5, 5.41) is 15.4. The molecule has 0 atom stereocenters. The molecule has 0 bridgehead atoms. The van der Waals surface area contributed by atoms with Gasteiger partial charge in [-0.25, -0.2) is 9.78 Å². The minimum Gasteiger partial charge on any atom is -0.393 e. The summed E-state index contributed by atoms with van der Waals surface area (Å²) < 4.78 is 0. The smallest absolute Gasteiger partial charge is 0.319 e. The Kier molecular flexibility index (Phi) is 4.77. The van der Waals surface area contributed by atoms with Crippen molar-refractivity contribution in [3.8, 4) is 0 Å². The van der Waals surface area contributed by atoms with Crippen LogP contribution in [-0.4, -0.2) is 41.4 Å². The normalized spacial score (nSPS) is 25.0. The Balaban J connectivity index is 1.59. The van der Waals surface area contributed by atoms with Crippen molar-refractivity contribution in [1.29, 1.82) is 0 Å². The number of nitrogens with zero attached hydrogens (tertiary/aromatic N) is 2. The Morgan fingerprint density at radius 1 is 1.23 bits per heavy atom. The highest BCUT2D eigenvalue weighted by Gasteiger charge is 2.22. The van der Waals surface area contributed by atoms with E-state index in [0.717, 1.165) is 50.3 Å². The third kappa shape index (κ3) is 3.68. The molecule has 3 N–H and O–H groups in total. The number of carbonyl (C=O) groups excluding carboxylic acids is 1. The van der Waals surface area contributed by atoms with Crippen molar-refractivity contribution < 1.29 is 9.90 Å². The number of pyridine rings is 1. The number of aromatic nitrogens is 1. The molecule has 0 spiro atoms. The molecule has 6 nitrogen and oxygen atoms in total. The minimum atomic E-state index is -0.207. The van der Waals surface area contributed by atoms with Gasteiger partial charge in [-0.2, -0.15) is 0 Å². The van der Waals surface area contributed by atoms with E-state index in [4.69, 9.17) is 0 Å². The van der Waals surface area contributed by atoms with Gasteiger partial charge in [-0.15, -0.1) is 0 Å². The van der Waals surface area contributed by atoms with Crippen LogP contribution in [0.4, 0.5) is 16.3 Å². The van der Waals surface area contributed by atoms with Crippen LogP contribution in [0.15, 0.2) is 18.3 Å². The average molecular weight is 304 g/mol. The van der Waals surface area contributed by atoms with E-state index in [9.17, 15) is 9.90 Å². The van der Waals surface area contributed by atoms with Gasteiger partial charge in [0.1, 0.15) is 0 Å². The molecule has 0 radical (unpaired) electrons. The van der Waals surface area contributed by atoms with Crippen LogP contribution in [-0.2, 0) is 0 Å². The molecular formula is C16H24N4O2. The Bertz CT molecular complexity index is 509. The molecule has 3 rings (SSSR count). The lowest BCUT2D eigenvalue weighted by Gasteiger charge is -2.26. The number of urea groups is 1. The molecule has 1 aromatic rings. The number of nitrogens with one attached hydrogen (secondary N) is 2. The van der Waals surface area contributed by atoms with Crippen molar-refractivity contribution in [2.75, 3.05) is 23.3 Å². The van der Waals surface area contributed by atoms with Crippen molar-refractivity contribution in [1.82, 2.24) is 10.3 Å². The largest absolute Gasteiger partial charge is 0.393 e. The molecule has 6 heteroatoms. The summed E-state index contributed by atoms with van der Waals surface area (Å²) in [7, 11) is 0. The summed E-state index contributed by atoms with van der Waals surface area (Å²) >= 11 is 0. The molecule has 2 fully saturated rings. The number of aliphatic hydroxyl groups is 1. The number of hydrogen-bond donors (Lipinski definition) is 3. The zero-order valence-corrected chi connectivity index (χ0v) is 12.8. The first-order valence-electron chi connectivity index (χ1n) is 8.18. The lowest BCUT2D eigenvalue weighted by atomic mass is 9.93. The van der Waals surface area contributed by atoms with Crippen LogP contribution in [0.3, 0.4) is 0 Å². The molecule has 1 aliphatic heterocycles. The van der Waals surface area contributed by atoms with E-state index in [0.29, 0.717) is 0 Å². The molecule has 1 aliphatic carbocycles. The van der Waals surface area contributed by atoms with E-state index in [1.807, 2.05) is 12.1 Å². The maximum absolute atomic E-state index is 12.2. The summed E-state index contributed by atoms with van der Waals surface area (Å²) in [6.45, 7) is 1.99. The molecular weight excluding hydrogens is 280 g/mol. The fourth-order valence-electron chi connectivity index (χ4n) is 3.24. The fourth-order valence-corrected chi connectivity index (χ4v) is 3.24. The number of rotatable bonds is 3. The maximum atomic E-state index is 12.2. The molecule has 0 unspecified atom stereocenters. The third-order valence-electron chi connectivity index (χ3n) is 4.47. The fraction of sp³-hybridized carbons (Fsp3) is 0.625. The first-order valence-corrected chi connectivity index (χ1v) is 8.18. The molecule has 1 aromatic heterocycles. The number of aliphatic hydroxyl groups excluding tert-OH is 1. The Morgan fingerprint density at radius 2 is 1.95 bits per heavy atom. The maximum Gasteiger partial charge on any atom is 0.319 e. The second-order valence-corrected chi connectivity index (χ2v) is 6.17. The summed E-state index contributed by atoms with van der Waals surface area (Å²) in [5.74, 6) is 0.856. The Labute approximate surface area is 130 Å². The van der Waals surface area contributed by atoms with Gasteiger partial charge in [-0.1, -0.05) is 0 Å². The molecule has 0 aromatic carbocycles. The van der Waals surface area contributed by atoms with Gasteiger partial charge in [-0.05, 0) is 50.7 Å². The van der Waals surface area contributed by atoms with Gasteiger partial charge in [-0.3, -0.25) is 0 Å². The van der Waals surface area contributed by atoms with Crippen molar-refractivity contribution in [3.05, 3.63) is 18.3 Å². The van der Waals surface area contributed by atoms with Gasteiger partial charge in [0.15, 0.2) is 5.82 Å². The van der Waals surface area contributed by atoms with E-state index in [2.05, 4.69) is 20.5 Å². The van der Waals surface area contributed by atoms with Crippen molar-refractivity contribution in [3.63, 3.8) is 0 Å². The highest BCUT2D eigenvalue weighted by Crippen LogP contribution is 2.26. The van der Waals surface area contributed by atoms with E-state index in [1.165, 1.54) is 12.8 Å². The summed E-state index contributed by atoms with van der Waals surface area (Å²) in [5.41, 5.74) is 0.762. The van der Waals surface area contributed by atoms with Gasteiger partial charge in [0.2, 0.25) is 0 Å². The predicted octanol–water partition coefficient (Wildman–Crippen LogP) is 2.11. The molecule has 2 aliphatic rings. The van der Waals surface area contributed by atoms with Crippen molar-refractivity contribution in [2.24, 2.45) is 0 Å². The number of hydrogen-bond acceptors (Lipinski definition) is 4. The van der Waals surface area contributed by atoms with Crippen LogP contribution in [0.2, 0.25) is 0 Å². The molecule has 22 heavy (non-hydrogen) atoms. The SMILES string of the molecule is O=C(Nc1cccnc1N1CCCC1)NC1CCC(O)CC1.